The highest BCUT2D eigenvalue weighted by Gasteiger charge is 2.44. The Morgan fingerprint density at radius 1 is 1.26 bits per heavy atom. The highest BCUT2D eigenvalue weighted by atomic mass is 16.5. The number of benzene rings is 1. The standard InChI is InChI=1S/C17H23NO5/c1-20-13-5-3-4-6-14(13)23-11-16(19)18-9-7-15(21-2)17-12(18)8-10-22-17/h3-6,12,15,17H,7-11H2,1-2H3/t12-,15-,17-/m0/s1. The number of methoxy groups -OCH3 is 2. The number of rotatable bonds is 5. The van der Waals surface area contributed by atoms with Gasteiger partial charge in [-0.05, 0) is 25.0 Å². The molecule has 0 aromatic heterocycles. The van der Waals surface area contributed by atoms with Crippen molar-refractivity contribution in [3.05, 3.63) is 24.3 Å². The molecule has 2 aliphatic rings. The Balaban J connectivity index is 1.62. The number of para-hydroxylation sites is 2. The summed E-state index contributed by atoms with van der Waals surface area (Å²) in [6.07, 6.45) is 1.69. The van der Waals surface area contributed by atoms with Crippen LogP contribution in [0, 0.1) is 0 Å². The number of hydrogen-bond acceptors (Lipinski definition) is 5. The third-order valence-electron chi connectivity index (χ3n) is 4.57. The number of fused-ring (bicyclic) bond motifs is 1. The van der Waals surface area contributed by atoms with Gasteiger partial charge in [0.05, 0.1) is 19.3 Å². The van der Waals surface area contributed by atoms with E-state index in [-0.39, 0.29) is 30.8 Å². The van der Waals surface area contributed by atoms with E-state index in [1.807, 2.05) is 23.1 Å². The largest absolute Gasteiger partial charge is 0.493 e. The van der Waals surface area contributed by atoms with Crippen LogP contribution in [0.4, 0.5) is 0 Å². The van der Waals surface area contributed by atoms with E-state index in [1.54, 1.807) is 20.3 Å². The fourth-order valence-corrected chi connectivity index (χ4v) is 3.41. The number of piperidine rings is 1. The summed E-state index contributed by atoms with van der Waals surface area (Å²) in [5.41, 5.74) is 0. The second-order valence-corrected chi connectivity index (χ2v) is 5.78. The molecule has 0 saturated carbocycles. The van der Waals surface area contributed by atoms with Crippen molar-refractivity contribution in [2.45, 2.75) is 31.1 Å². The molecule has 1 aromatic carbocycles. The number of nitrogens with zero attached hydrogens (tertiary/aromatic N) is 1. The summed E-state index contributed by atoms with van der Waals surface area (Å²) in [7, 11) is 3.28. The first-order valence-electron chi connectivity index (χ1n) is 7.94. The van der Waals surface area contributed by atoms with Crippen LogP contribution in [-0.2, 0) is 14.3 Å². The lowest BCUT2D eigenvalue weighted by atomic mass is 9.95. The van der Waals surface area contributed by atoms with Gasteiger partial charge in [0.1, 0.15) is 6.10 Å². The summed E-state index contributed by atoms with van der Waals surface area (Å²) in [6.45, 7) is 1.35. The van der Waals surface area contributed by atoms with Gasteiger partial charge in [0, 0.05) is 20.3 Å². The minimum absolute atomic E-state index is 0.00123. The highest BCUT2D eigenvalue weighted by Crippen LogP contribution is 2.31. The number of carbonyl (C=O) groups excluding carboxylic acids is 1. The molecular weight excluding hydrogens is 298 g/mol. The molecule has 0 spiro atoms. The molecule has 1 aromatic rings. The van der Waals surface area contributed by atoms with E-state index in [0.29, 0.717) is 24.7 Å². The Morgan fingerprint density at radius 2 is 2.04 bits per heavy atom. The van der Waals surface area contributed by atoms with Crippen LogP contribution in [0.1, 0.15) is 12.8 Å². The zero-order valence-electron chi connectivity index (χ0n) is 13.6. The van der Waals surface area contributed by atoms with Gasteiger partial charge < -0.3 is 23.8 Å². The number of hydrogen-bond donors (Lipinski definition) is 0. The summed E-state index contributed by atoms with van der Waals surface area (Å²) in [5, 5.41) is 0. The van der Waals surface area contributed by atoms with Crippen molar-refractivity contribution in [2.75, 3.05) is 34.0 Å². The van der Waals surface area contributed by atoms with Crippen molar-refractivity contribution < 1.29 is 23.7 Å². The molecule has 0 bridgehead atoms. The fraction of sp³-hybridized carbons (Fsp3) is 0.588. The van der Waals surface area contributed by atoms with E-state index in [1.165, 1.54) is 0 Å². The lowest BCUT2D eigenvalue weighted by Crippen LogP contribution is -2.56. The Labute approximate surface area is 136 Å². The first-order valence-corrected chi connectivity index (χ1v) is 7.94. The first kappa shape index (κ1) is 16.1. The monoisotopic (exact) mass is 321 g/mol. The third kappa shape index (κ3) is 3.28. The molecule has 6 heteroatoms. The third-order valence-corrected chi connectivity index (χ3v) is 4.57. The molecule has 0 radical (unpaired) electrons. The molecule has 2 aliphatic heterocycles. The Bertz CT molecular complexity index is 550. The lowest BCUT2D eigenvalue weighted by Gasteiger charge is -2.40. The van der Waals surface area contributed by atoms with Crippen molar-refractivity contribution in [3.8, 4) is 11.5 Å². The first-order chi connectivity index (χ1) is 11.2. The summed E-state index contributed by atoms with van der Waals surface area (Å²) in [5.74, 6) is 1.18. The molecule has 2 saturated heterocycles. The lowest BCUT2D eigenvalue weighted by molar-refractivity contribution is -0.145. The Morgan fingerprint density at radius 3 is 2.78 bits per heavy atom. The molecule has 3 rings (SSSR count). The van der Waals surface area contributed by atoms with Crippen LogP contribution in [0.2, 0.25) is 0 Å². The van der Waals surface area contributed by atoms with E-state index in [4.69, 9.17) is 18.9 Å². The molecule has 6 nitrogen and oxygen atoms in total. The smallest absolute Gasteiger partial charge is 0.260 e. The molecule has 0 unspecified atom stereocenters. The molecule has 23 heavy (non-hydrogen) atoms. The summed E-state index contributed by atoms with van der Waals surface area (Å²) >= 11 is 0. The van der Waals surface area contributed by atoms with Crippen LogP contribution in [0.25, 0.3) is 0 Å². The van der Waals surface area contributed by atoms with Gasteiger partial charge in [0.25, 0.3) is 5.91 Å². The van der Waals surface area contributed by atoms with E-state index >= 15 is 0 Å². The topological polar surface area (TPSA) is 57.2 Å². The maximum Gasteiger partial charge on any atom is 0.260 e. The maximum absolute atomic E-state index is 12.6. The second-order valence-electron chi connectivity index (χ2n) is 5.78. The predicted octanol–water partition coefficient (Wildman–Crippen LogP) is 1.48. The quantitative estimate of drug-likeness (QED) is 0.822. The molecule has 2 fully saturated rings. The summed E-state index contributed by atoms with van der Waals surface area (Å²) in [4.78, 5) is 14.5. The average Bonchev–Trinajstić information content (AvgIpc) is 3.08. The van der Waals surface area contributed by atoms with Crippen LogP contribution in [0.3, 0.4) is 0 Å². The molecule has 2 heterocycles. The minimum Gasteiger partial charge on any atom is -0.493 e. The van der Waals surface area contributed by atoms with Crippen LogP contribution in [0.15, 0.2) is 24.3 Å². The molecule has 126 valence electrons. The SMILES string of the molecule is COc1ccccc1OCC(=O)N1CC[C@H](OC)[C@H]2OCC[C@@H]21. The molecule has 0 N–H and O–H groups in total. The van der Waals surface area contributed by atoms with Crippen molar-refractivity contribution >= 4 is 5.91 Å². The van der Waals surface area contributed by atoms with Gasteiger partial charge in [-0.15, -0.1) is 0 Å². The number of carbonyl (C=O) groups is 1. The van der Waals surface area contributed by atoms with E-state index in [9.17, 15) is 4.79 Å². The second kappa shape index (κ2) is 7.19. The maximum atomic E-state index is 12.6. The predicted molar refractivity (Wildman–Crippen MR) is 83.8 cm³/mol. The number of amides is 1. The van der Waals surface area contributed by atoms with Gasteiger partial charge in [-0.1, -0.05) is 12.1 Å². The zero-order chi connectivity index (χ0) is 16.2. The summed E-state index contributed by atoms with van der Waals surface area (Å²) in [6, 6.07) is 7.41. The summed E-state index contributed by atoms with van der Waals surface area (Å²) < 4.78 is 22.1. The molecule has 3 atom stereocenters. The van der Waals surface area contributed by atoms with Crippen LogP contribution in [0.5, 0.6) is 11.5 Å². The number of ether oxygens (including phenoxy) is 4. The zero-order valence-corrected chi connectivity index (χ0v) is 13.6. The van der Waals surface area contributed by atoms with E-state index in [2.05, 4.69) is 0 Å². The Hall–Kier alpha value is -1.79. The van der Waals surface area contributed by atoms with Crippen molar-refractivity contribution in [2.24, 2.45) is 0 Å². The van der Waals surface area contributed by atoms with Crippen LogP contribution in [-0.4, -0.2) is 63.0 Å². The van der Waals surface area contributed by atoms with Gasteiger partial charge in [-0.3, -0.25) is 4.79 Å². The molecule has 1 amide bonds. The Kier molecular flexibility index (Phi) is 5.03. The van der Waals surface area contributed by atoms with Crippen molar-refractivity contribution in [1.82, 2.24) is 4.90 Å². The van der Waals surface area contributed by atoms with Gasteiger partial charge in [0.2, 0.25) is 0 Å². The van der Waals surface area contributed by atoms with Crippen LogP contribution < -0.4 is 9.47 Å². The molecule has 0 aliphatic carbocycles. The van der Waals surface area contributed by atoms with Gasteiger partial charge >= 0.3 is 0 Å². The van der Waals surface area contributed by atoms with Crippen molar-refractivity contribution in [3.63, 3.8) is 0 Å². The van der Waals surface area contributed by atoms with E-state index < -0.39 is 0 Å². The van der Waals surface area contributed by atoms with E-state index in [0.717, 1.165) is 12.8 Å². The van der Waals surface area contributed by atoms with Crippen molar-refractivity contribution in [1.29, 1.82) is 0 Å². The van der Waals surface area contributed by atoms with Crippen LogP contribution >= 0.6 is 0 Å². The highest BCUT2D eigenvalue weighted by molar-refractivity contribution is 5.78. The van der Waals surface area contributed by atoms with Gasteiger partial charge in [-0.25, -0.2) is 0 Å². The fourth-order valence-electron chi connectivity index (χ4n) is 3.41. The number of likely N-dealkylation sites (tertiary alicyclic amines) is 1. The average molecular weight is 321 g/mol. The molecular formula is C17H23NO5. The normalized spacial score (nSPS) is 26.7. The minimum atomic E-state index is -0.0241. The van der Waals surface area contributed by atoms with Gasteiger partial charge in [0.15, 0.2) is 18.1 Å². The van der Waals surface area contributed by atoms with Gasteiger partial charge in [-0.2, -0.15) is 0 Å².